The Bertz CT molecular complexity index is 436. The number of nitrogens with two attached hydrogens (primary N) is 1. The highest BCUT2D eigenvalue weighted by Gasteiger charge is 2.02. The number of nitrogen functional groups attached to an aromatic ring is 1. The lowest BCUT2D eigenvalue weighted by Gasteiger charge is -2.15. The summed E-state index contributed by atoms with van der Waals surface area (Å²) in [5.41, 5.74) is 8.89. The Hall–Kier alpha value is -1.81. The summed E-state index contributed by atoms with van der Waals surface area (Å²) in [6.45, 7) is 1.73. The van der Waals surface area contributed by atoms with Crippen molar-refractivity contribution in [1.29, 1.82) is 0 Å². The van der Waals surface area contributed by atoms with E-state index in [1.54, 1.807) is 6.20 Å². The van der Waals surface area contributed by atoms with Crippen LogP contribution < -0.4 is 5.73 Å². The number of rotatable bonds is 4. The molecule has 0 saturated heterocycles. The zero-order valence-electron chi connectivity index (χ0n) is 9.35. The molecule has 0 atom stereocenters. The van der Waals surface area contributed by atoms with Crippen LogP contribution in [0.4, 0.5) is 5.69 Å². The van der Waals surface area contributed by atoms with Crippen molar-refractivity contribution in [3.8, 4) is 0 Å². The van der Waals surface area contributed by atoms with E-state index in [1.165, 1.54) is 5.56 Å². The molecular weight excluding hydrogens is 200 g/mol. The Labute approximate surface area is 95.1 Å². The molecule has 0 aliphatic carbocycles. The summed E-state index contributed by atoms with van der Waals surface area (Å²) in [7, 11) is 2.07. The normalized spacial score (nSPS) is 10.9. The summed E-state index contributed by atoms with van der Waals surface area (Å²) >= 11 is 0. The average molecular weight is 216 g/mol. The van der Waals surface area contributed by atoms with Crippen LogP contribution in [-0.4, -0.2) is 22.1 Å². The SMILES string of the molecule is CN(Cc1cccc(N)c1)Cc1ccn[nH]1. The minimum atomic E-state index is 0.812. The maximum Gasteiger partial charge on any atom is 0.0492 e. The van der Waals surface area contributed by atoms with Crippen LogP contribution in [0.3, 0.4) is 0 Å². The molecule has 2 rings (SSSR count). The first-order valence-electron chi connectivity index (χ1n) is 5.25. The van der Waals surface area contributed by atoms with Gasteiger partial charge in [-0.2, -0.15) is 5.10 Å². The summed E-state index contributed by atoms with van der Waals surface area (Å²) in [5, 5.41) is 6.87. The highest BCUT2D eigenvalue weighted by Crippen LogP contribution is 2.10. The number of hydrogen-bond acceptors (Lipinski definition) is 3. The molecule has 0 fully saturated rings. The molecule has 4 heteroatoms. The minimum Gasteiger partial charge on any atom is -0.399 e. The number of nitrogens with one attached hydrogen (secondary N) is 1. The van der Waals surface area contributed by atoms with Gasteiger partial charge >= 0.3 is 0 Å². The van der Waals surface area contributed by atoms with Gasteiger partial charge in [0.15, 0.2) is 0 Å². The minimum absolute atomic E-state index is 0.812. The van der Waals surface area contributed by atoms with Crippen LogP contribution in [0.5, 0.6) is 0 Å². The van der Waals surface area contributed by atoms with Gasteiger partial charge in [0.1, 0.15) is 0 Å². The maximum absolute atomic E-state index is 5.74. The van der Waals surface area contributed by atoms with Crippen LogP contribution in [0.15, 0.2) is 36.5 Å². The zero-order valence-corrected chi connectivity index (χ0v) is 9.35. The first-order valence-corrected chi connectivity index (χ1v) is 5.25. The summed E-state index contributed by atoms with van der Waals surface area (Å²) < 4.78 is 0. The van der Waals surface area contributed by atoms with Crippen LogP contribution in [0.2, 0.25) is 0 Å². The smallest absolute Gasteiger partial charge is 0.0492 e. The van der Waals surface area contributed by atoms with E-state index < -0.39 is 0 Å². The predicted molar refractivity (Wildman–Crippen MR) is 64.6 cm³/mol. The van der Waals surface area contributed by atoms with E-state index in [4.69, 9.17) is 5.73 Å². The summed E-state index contributed by atoms with van der Waals surface area (Å²) in [4.78, 5) is 2.21. The number of H-pyrrole nitrogens is 1. The number of aromatic nitrogens is 2. The Kier molecular flexibility index (Phi) is 3.22. The number of aromatic amines is 1. The molecule has 0 unspecified atom stereocenters. The Morgan fingerprint density at radius 2 is 2.19 bits per heavy atom. The van der Waals surface area contributed by atoms with Gasteiger partial charge in [-0.1, -0.05) is 12.1 Å². The van der Waals surface area contributed by atoms with Crippen molar-refractivity contribution in [2.75, 3.05) is 12.8 Å². The second kappa shape index (κ2) is 4.81. The number of benzene rings is 1. The quantitative estimate of drug-likeness (QED) is 0.764. The Morgan fingerprint density at radius 1 is 1.31 bits per heavy atom. The van der Waals surface area contributed by atoms with Crippen molar-refractivity contribution in [3.63, 3.8) is 0 Å². The lowest BCUT2D eigenvalue weighted by Crippen LogP contribution is -2.17. The van der Waals surface area contributed by atoms with E-state index in [2.05, 4.69) is 28.2 Å². The molecule has 84 valence electrons. The largest absolute Gasteiger partial charge is 0.399 e. The second-order valence-corrected chi connectivity index (χ2v) is 4.00. The van der Waals surface area contributed by atoms with Gasteiger partial charge in [0, 0.05) is 30.7 Å². The Balaban J connectivity index is 1.94. The molecule has 1 aromatic carbocycles. The molecule has 0 aliphatic heterocycles. The lowest BCUT2D eigenvalue weighted by molar-refractivity contribution is 0.315. The summed E-state index contributed by atoms with van der Waals surface area (Å²) in [6, 6.07) is 9.95. The zero-order chi connectivity index (χ0) is 11.4. The van der Waals surface area contributed by atoms with Crippen LogP contribution in [0.25, 0.3) is 0 Å². The fourth-order valence-electron chi connectivity index (χ4n) is 1.72. The van der Waals surface area contributed by atoms with Crippen LogP contribution in [0, 0.1) is 0 Å². The van der Waals surface area contributed by atoms with Crippen molar-refractivity contribution in [2.24, 2.45) is 0 Å². The van der Waals surface area contributed by atoms with Gasteiger partial charge in [-0.15, -0.1) is 0 Å². The second-order valence-electron chi connectivity index (χ2n) is 4.00. The summed E-state index contributed by atoms with van der Waals surface area (Å²) in [5.74, 6) is 0. The molecule has 0 amide bonds. The number of anilines is 1. The van der Waals surface area contributed by atoms with Crippen molar-refractivity contribution >= 4 is 5.69 Å². The summed E-state index contributed by atoms with van der Waals surface area (Å²) in [6.07, 6.45) is 1.77. The third-order valence-corrected chi connectivity index (χ3v) is 2.40. The van der Waals surface area contributed by atoms with Crippen LogP contribution in [0.1, 0.15) is 11.3 Å². The highest BCUT2D eigenvalue weighted by atomic mass is 15.2. The molecule has 0 aliphatic rings. The molecule has 0 radical (unpaired) electrons. The average Bonchev–Trinajstić information content (AvgIpc) is 2.70. The molecule has 4 nitrogen and oxygen atoms in total. The van der Waals surface area contributed by atoms with E-state index in [0.717, 1.165) is 24.5 Å². The molecular formula is C12H16N4. The molecule has 0 spiro atoms. The molecule has 0 bridgehead atoms. The Morgan fingerprint density at radius 3 is 2.88 bits per heavy atom. The molecule has 1 heterocycles. The van der Waals surface area contributed by atoms with Crippen molar-refractivity contribution in [2.45, 2.75) is 13.1 Å². The van der Waals surface area contributed by atoms with E-state index in [1.807, 2.05) is 24.3 Å². The monoisotopic (exact) mass is 216 g/mol. The third kappa shape index (κ3) is 2.84. The maximum atomic E-state index is 5.74. The highest BCUT2D eigenvalue weighted by molar-refractivity contribution is 5.40. The molecule has 16 heavy (non-hydrogen) atoms. The molecule has 0 saturated carbocycles. The van der Waals surface area contributed by atoms with E-state index in [9.17, 15) is 0 Å². The first-order chi connectivity index (χ1) is 7.74. The van der Waals surface area contributed by atoms with Crippen molar-refractivity contribution in [1.82, 2.24) is 15.1 Å². The van der Waals surface area contributed by atoms with Gasteiger partial charge < -0.3 is 5.73 Å². The van der Waals surface area contributed by atoms with Crippen molar-refractivity contribution < 1.29 is 0 Å². The number of nitrogens with zero attached hydrogens (tertiary/aromatic N) is 2. The van der Waals surface area contributed by atoms with Gasteiger partial charge in [0.05, 0.1) is 0 Å². The first kappa shape index (κ1) is 10.7. The van der Waals surface area contributed by atoms with Gasteiger partial charge in [-0.05, 0) is 30.8 Å². The fourth-order valence-corrected chi connectivity index (χ4v) is 1.72. The van der Waals surface area contributed by atoms with E-state index >= 15 is 0 Å². The molecule has 2 aromatic rings. The number of hydrogen-bond donors (Lipinski definition) is 2. The fraction of sp³-hybridized carbons (Fsp3) is 0.250. The van der Waals surface area contributed by atoms with E-state index in [0.29, 0.717) is 0 Å². The van der Waals surface area contributed by atoms with Crippen LogP contribution in [-0.2, 0) is 13.1 Å². The molecule has 3 N–H and O–H groups in total. The standard InChI is InChI=1S/C12H16N4/c1-16(9-12-5-6-14-15-12)8-10-3-2-4-11(13)7-10/h2-7H,8-9,13H2,1H3,(H,14,15). The lowest BCUT2D eigenvalue weighted by atomic mass is 10.2. The van der Waals surface area contributed by atoms with Crippen LogP contribution >= 0.6 is 0 Å². The predicted octanol–water partition coefficient (Wildman–Crippen LogP) is 1.62. The van der Waals surface area contributed by atoms with Gasteiger partial charge in [0.2, 0.25) is 0 Å². The van der Waals surface area contributed by atoms with E-state index in [-0.39, 0.29) is 0 Å². The van der Waals surface area contributed by atoms with Gasteiger partial charge in [0.25, 0.3) is 0 Å². The molecule has 1 aromatic heterocycles. The van der Waals surface area contributed by atoms with Gasteiger partial charge in [-0.25, -0.2) is 0 Å². The third-order valence-electron chi connectivity index (χ3n) is 2.40. The topological polar surface area (TPSA) is 57.9 Å². The van der Waals surface area contributed by atoms with Gasteiger partial charge in [-0.3, -0.25) is 10.00 Å². The van der Waals surface area contributed by atoms with Crippen molar-refractivity contribution in [3.05, 3.63) is 47.8 Å².